The molecule has 1 unspecified atom stereocenters. The fourth-order valence-electron chi connectivity index (χ4n) is 3.74. The van der Waals surface area contributed by atoms with Gasteiger partial charge in [0.25, 0.3) is 0 Å². The molecule has 0 amide bonds. The zero-order valence-corrected chi connectivity index (χ0v) is 15.0. The second kappa shape index (κ2) is 8.38. The Bertz CT molecular complexity index is 636. The van der Waals surface area contributed by atoms with Gasteiger partial charge in [0.2, 0.25) is 0 Å². The van der Waals surface area contributed by atoms with Gasteiger partial charge >= 0.3 is 0 Å². The second-order valence-electron chi connectivity index (χ2n) is 7.08. The smallest absolute Gasteiger partial charge is 0.148 e. The Morgan fingerprint density at radius 3 is 2.83 bits per heavy atom. The molecule has 0 aliphatic carbocycles. The minimum Gasteiger partial charge on any atom is -0.303 e. The van der Waals surface area contributed by atoms with E-state index in [9.17, 15) is 0 Å². The molecule has 1 aromatic heterocycles. The van der Waals surface area contributed by atoms with Gasteiger partial charge in [0.05, 0.1) is 0 Å². The lowest BCUT2D eigenvalue weighted by Crippen LogP contribution is -2.36. The van der Waals surface area contributed by atoms with Crippen LogP contribution in [0, 0.1) is 19.8 Å². The molecule has 24 heavy (non-hydrogen) atoms. The first-order chi connectivity index (χ1) is 11.7. The van der Waals surface area contributed by atoms with Gasteiger partial charge in [-0.3, -0.25) is 0 Å². The van der Waals surface area contributed by atoms with Crippen molar-refractivity contribution in [1.29, 1.82) is 0 Å². The fraction of sp³-hybridized carbons (Fsp3) is 0.632. The average molecular weight is 327 g/mol. The van der Waals surface area contributed by atoms with Gasteiger partial charge in [-0.1, -0.05) is 24.3 Å². The molecule has 130 valence electrons. The minimum atomic E-state index is 0.841. The lowest BCUT2D eigenvalue weighted by Gasteiger charge is -2.33. The summed E-state index contributed by atoms with van der Waals surface area (Å²) >= 11 is 0. The molecule has 1 aliphatic rings. The Morgan fingerprint density at radius 2 is 2.04 bits per heavy atom. The van der Waals surface area contributed by atoms with E-state index in [1.807, 2.05) is 11.6 Å². The Kier molecular flexibility index (Phi) is 5.96. The predicted molar refractivity (Wildman–Crippen MR) is 95.8 cm³/mol. The van der Waals surface area contributed by atoms with E-state index >= 15 is 0 Å². The number of nitrogens with zero attached hydrogens (tertiary/aromatic N) is 5. The number of hydrogen-bond acceptors (Lipinski definition) is 4. The molecule has 2 heterocycles. The predicted octanol–water partition coefficient (Wildman–Crippen LogP) is 3.02. The van der Waals surface area contributed by atoms with Gasteiger partial charge in [-0.25, -0.2) is 4.68 Å². The van der Waals surface area contributed by atoms with Crippen molar-refractivity contribution in [2.75, 3.05) is 19.6 Å². The average Bonchev–Trinajstić information content (AvgIpc) is 3.00. The number of aromatic nitrogens is 4. The SMILES string of the molecule is Cc1ccccc1CCC1CCCN(CCCn2nnnc2C)C1. The summed E-state index contributed by atoms with van der Waals surface area (Å²) < 4.78 is 1.90. The van der Waals surface area contributed by atoms with E-state index in [0.717, 1.165) is 31.3 Å². The molecular formula is C19H29N5. The zero-order valence-electron chi connectivity index (χ0n) is 15.0. The van der Waals surface area contributed by atoms with E-state index in [0.29, 0.717) is 0 Å². The lowest BCUT2D eigenvalue weighted by molar-refractivity contribution is 0.164. The van der Waals surface area contributed by atoms with E-state index in [1.54, 1.807) is 0 Å². The van der Waals surface area contributed by atoms with E-state index in [2.05, 4.69) is 51.6 Å². The van der Waals surface area contributed by atoms with E-state index in [1.165, 1.54) is 49.9 Å². The molecule has 0 spiro atoms. The van der Waals surface area contributed by atoms with Gasteiger partial charge in [-0.15, -0.1) is 5.10 Å². The molecule has 0 N–H and O–H groups in total. The molecule has 3 rings (SSSR count). The van der Waals surface area contributed by atoms with Gasteiger partial charge in [0.15, 0.2) is 0 Å². The van der Waals surface area contributed by atoms with Crippen molar-refractivity contribution in [3.8, 4) is 0 Å². The van der Waals surface area contributed by atoms with Crippen LogP contribution in [0.3, 0.4) is 0 Å². The third kappa shape index (κ3) is 4.63. The number of rotatable bonds is 7. The first kappa shape index (κ1) is 17.1. The van der Waals surface area contributed by atoms with Crippen molar-refractivity contribution in [2.45, 2.75) is 52.5 Å². The minimum absolute atomic E-state index is 0.841. The van der Waals surface area contributed by atoms with Crippen LogP contribution in [0.25, 0.3) is 0 Å². The van der Waals surface area contributed by atoms with Gasteiger partial charge in [0, 0.05) is 13.1 Å². The molecule has 0 saturated carbocycles. The van der Waals surface area contributed by atoms with Gasteiger partial charge < -0.3 is 4.90 Å². The van der Waals surface area contributed by atoms with Crippen molar-refractivity contribution < 1.29 is 0 Å². The molecule has 2 aromatic rings. The van der Waals surface area contributed by atoms with Crippen molar-refractivity contribution in [1.82, 2.24) is 25.1 Å². The van der Waals surface area contributed by atoms with Crippen molar-refractivity contribution in [3.05, 3.63) is 41.2 Å². The van der Waals surface area contributed by atoms with Crippen molar-refractivity contribution in [2.24, 2.45) is 5.92 Å². The lowest BCUT2D eigenvalue weighted by atomic mass is 9.90. The highest BCUT2D eigenvalue weighted by atomic mass is 15.5. The largest absolute Gasteiger partial charge is 0.303 e. The number of piperidine rings is 1. The van der Waals surface area contributed by atoms with Gasteiger partial charge in [-0.05, 0) is 86.5 Å². The first-order valence-electron chi connectivity index (χ1n) is 9.22. The maximum Gasteiger partial charge on any atom is 0.148 e. The number of aryl methyl sites for hydroxylation is 4. The van der Waals surface area contributed by atoms with Crippen LogP contribution in [0.15, 0.2) is 24.3 Å². The number of hydrogen-bond donors (Lipinski definition) is 0. The molecular weight excluding hydrogens is 298 g/mol. The summed E-state index contributed by atoms with van der Waals surface area (Å²) in [7, 11) is 0. The number of tetrazole rings is 1. The molecule has 1 aliphatic heterocycles. The number of likely N-dealkylation sites (tertiary alicyclic amines) is 1. The van der Waals surface area contributed by atoms with Crippen LogP contribution < -0.4 is 0 Å². The van der Waals surface area contributed by atoms with Gasteiger partial charge in [0.1, 0.15) is 5.82 Å². The van der Waals surface area contributed by atoms with E-state index in [4.69, 9.17) is 0 Å². The Morgan fingerprint density at radius 1 is 1.17 bits per heavy atom. The summed E-state index contributed by atoms with van der Waals surface area (Å²) in [6, 6.07) is 8.80. The van der Waals surface area contributed by atoms with E-state index in [-0.39, 0.29) is 0 Å². The van der Waals surface area contributed by atoms with Gasteiger partial charge in [-0.2, -0.15) is 0 Å². The summed E-state index contributed by atoms with van der Waals surface area (Å²) in [4.78, 5) is 2.63. The summed E-state index contributed by atoms with van der Waals surface area (Å²) in [5, 5.41) is 11.7. The molecule has 1 fully saturated rings. The van der Waals surface area contributed by atoms with Crippen LogP contribution in [0.1, 0.15) is 42.6 Å². The standard InChI is InChI=1S/C19H29N5/c1-16-7-3-4-9-19(16)11-10-18-8-5-12-23(15-18)13-6-14-24-17(2)20-21-22-24/h3-4,7,9,18H,5-6,8,10-15H2,1-2H3. The van der Waals surface area contributed by atoms with E-state index < -0.39 is 0 Å². The maximum absolute atomic E-state index is 4.02. The van der Waals surface area contributed by atoms with Crippen molar-refractivity contribution in [3.63, 3.8) is 0 Å². The molecule has 1 aromatic carbocycles. The van der Waals surface area contributed by atoms with Crippen LogP contribution in [-0.4, -0.2) is 44.7 Å². The van der Waals surface area contributed by atoms with Crippen LogP contribution in [0.5, 0.6) is 0 Å². The molecule has 0 bridgehead atoms. The highest BCUT2D eigenvalue weighted by Crippen LogP contribution is 2.22. The Balaban J connectivity index is 1.41. The van der Waals surface area contributed by atoms with Crippen LogP contribution in [-0.2, 0) is 13.0 Å². The summed E-state index contributed by atoms with van der Waals surface area (Å²) in [5.41, 5.74) is 2.95. The maximum atomic E-state index is 4.02. The molecule has 5 nitrogen and oxygen atoms in total. The third-order valence-electron chi connectivity index (χ3n) is 5.24. The summed E-state index contributed by atoms with van der Waals surface area (Å²) in [5.74, 6) is 1.75. The van der Waals surface area contributed by atoms with Crippen LogP contribution in [0.2, 0.25) is 0 Å². The zero-order chi connectivity index (χ0) is 16.8. The third-order valence-corrected chi connectivity index (χ3v) is 5.24. The van der Waals surface area contributed by atoms with Crippen molar-refractivity contribution >= 4 is 0 Å². The quantitative estimate of drug-likeness (QED) is 0.784. The molecule has 1 saturated heterocycles. The molecule has 1 atom stereocenters. The van der Waals surface area contributed by atoms with Crippen LogP contribution >= 0.6 is 0 Å². The highest BCUT2D eigenvalue weighted by Gasteiger charge is 2.19. The molecule has 0 radical (unpaired) electrons. The monoisotopic (exact) mass is 327 g/mol. The van der Waals surface area contributed by atoms with Crippen LogP contribution in [0.4, 0.5) is 0 Å². The fourth-order valence-corrected chi connectivity index (χ4v) is 3.74. The number of benzene rings is 1. The first-order valence-corrected chi connectivity index (χ1v) is 9.22. The summed E-state index contributed by atoms with van der Waals surface area (Å²) in [6.45, 7) is 8.76. The molecule has 5 heteroatoms. The second-order valence-corrected chi connectivity index (χ2v) is 7.08. The Labute approximate surface area is 145 Å². The highest BCUT2D eigenvalue weighted by molar-refractivity contribution is 5.25. The normalized spacial score (nSPS) is 18.8. The topological polar surface area (TPSA) is 46.8 Å². The summed E-state index contributed by atoms with van der Waals surface area (Å²) in [6.07, 6.45) is 6.37. The Hall–Kier alpha value is -1.75.